The van der Waals surface area contributed by atoms with Gasteiger partial charge in [-0.15, -0.1) is 0 Å². The molecule has 0 radical (unpaired) electrons. The molecule has 4 aliphatic rings. The highest BCUT2D eigenvalue weighted by Crippen LogP contribution is 2.72. The molecule has 7 heteroatoms. The van der Waals surface area contributed by atoms with Crippen LogP contribution in [0.2, 0.25) is 0 Å². The fraction of sp³-hybridized carbons (Fsp3) is 0.741. The van der Waals surface area contributed by atoms with Crippen LogP contribution in [0.3, 0.4) is 0 Å². The smallest absolute Gasteiger partial charge is 0.349 e. The van der Waals surface area contributed by atoms with Crippen molar-refractivity contribution < 1.29 is 33.7 Å². The summed E-state index contributed by atoms with van der Waals surface area (Å²) in [5.74, 6) is -3.50. The van der Waals surface area contributed by atoms with Gasteiger partial charge in [0.1, 0.15) is 0 Å². The Morgan fingerprint density at radius 1 is 1.21 bits per heavy atom. The highest BCUT2D eigenvalue weighted by Gasteiger charge is 2.78. The van der Waals surface area contributed by atoms with Crippen LogP contribution in [-0.4, -0.2) is 45.3 Å². The summed E-state index contributed by atoms with van der Waals surface area (Å²) in [7, 11) is 0. The van der Waals surface area contributed by atoms with Gasteiger partial charge in [-0.2, -0.15) is 0 Å². The number of hydrogen-bond acceptors (Lipinski definition) is 5. The molecule has 0 amide bonds. The molecular formula is C27H37FO6. The first-order chi connectivity index (χ1) is 15.8. The fourth-order valence-corrected chi connectivity index (χ4v) is 8.37. The van der Waals surface area contributed by atoms with Gasteiger partial charge in [0.2, 0.25) is 5.60 Å². The Morgan fingerprint density at radius 2 is 1.88 bits per heavy atom. The molecule has 0 spiro atoms. The molecule has 8 atom stereocenters. The lowest BCUT2D eigenvalue weighted by molar-refractivity contribution is -0.235. The highest BCUT2D eigenvalue weighted by molar-refractivity contribution is 6.02. The van der Waals surface area contributed by atoms with Crippen molar-refractivity contribution >= 4 is 17.7 Å². The number of alkyl halides is 1. The molecule has 6 nitrogen and oxygen atoms in total. The number of halogens is 1. The summed E-state index contributed by atoms with van der Waals surface area (Å²) in [5.41, 5.74) is -4.74. The van der Waals surface area contributed by atoms with E-state index >= 15 is 4.39 Å². The lowest BCUT2D eigenvalue weighted by atomic mass is 9.43. The maximum absolute atomic E-state index is 17.6. The first-order valence-corrected chi connectivity index (χ1v) is 12.6. The summed E-state index contributed by atoms with van der Waals surface area (Å²) in [6, 6.07) is 0. The standard InChI is InChI=1S/C27H37FO6/c1-6-8-22(31)34-27(23(32)33)15(3)11-20-19-10-9-17-13-18(29)12-16(7-2)25(17,5)26(19,28)21(30)14-24(20,27)4/h12-13,15,19-21,30H,6-11,14H2,1-5H3,(H,32,33)/t15-,19?,20?,21-,24?,25?,26?,27-/m0/s1. The number of carbonyl (C=O) groups excluding carboxylic acids is 2. The zero-order chi connectivity index (χ0) is 25.3. The molecule has 188 valence electrons. The summed E-state index contributed by atoms with van der Waals surface area (Å²) in [6.45, 7) is 9.02. The lowest BCUT2D eigenvalue weighted by Crippen LogP contribution is -2.70. The van der Waals surface area contributed by atoms with Gasteiger partial charge >= 0.3 is 11.9 Å². The van der Waals surface area contributed by atoms with Crippen LogP contribution in [0.25, 0.3) is 0 Å². The number of esters is 1. The van der Waals surface area contributed by atoms with Gasteiger partial charge in [0.25, 0.3) is 0 Å². The molecule has 0 aromatic heterocycles. The van der Waals surface area contributed by atoms with E-state index in [1.807, 2.05) is 13.8 Å². The Balaban J connectivity index is 1.85. The number of fused-ring (bicyclic) bond motifs is 5. The largest absolute Gasteiger partial charge is 0.478 e. The van der Waals surface area contributed by atoms with Crippen LogP contribution in [0, 0.1) is 28.6 Å². The van der Waals surface area contributed by atoms with Crippen molar-refractivity contribution in [1.82, 2.24) is 0 Å². The Kier molecular flexibility index (Phi) is 5.91. The molecule has 0 aliphatic heterocycles. The maximum atomic E-state index is 17.6. The van der Waals surface area contributed by atoms with Crippen molar-refractivity contribution in [1.29, 1.82) is 0 Å². The van der Waals surface area contributed by atoms with Gasteiger partial charge in [0.15, 0.2) is 11.5 Å². The van der Waals surface area contributed by atoms with Crippen molar-refractivity contribution in [2.45, 2.75) is 96.9 Å². The van der Waals surface area contributed by atoms with Gasteiger partial charge in [0.05, 0.1) is 6.10 Å². The zero-order valence-corrected chi connectivity index (χ0v) is 20.8. The Morgan fingerprint density at radius 3 is 2.47 bits per heavy atom. The van der Waals surface area contributed by atoms with Crippen molar-refractivity contribution in [3.05, 3.63) is 23.3 Å². The Labute approximate surface area is 200 Å². The van der Waals surface area contributed by atoms with Crippen LogP contribution in [0.5, 0.6) is 0 Å². The SMILES string of the molecule is CCCC(=O)O[C@]1(C(=O)O)[C@@H](C)CC2C3CCC4=CC(=O)C=C(CC)C4(C)C3(F)[C@@H](O)CC21C. The van der Waals surface area contributed by atoms with E-state index in [4.69, 9.17) is 4.74 Å². The Bertz CT molecular complexity index is 968. The van der Waals surface area contributed by atoms with Gasteiger partial charge in [-0.25, -0.2) is 9.18 Å². The topological polar surface area (TPSA) is 101 Å². The number of carbonyl (C=O) groups is 3. The average Bonchev–Trinajstić information content (AvgIpc) is 2.97. The summed E-state index contributed by atoms with van der Waals surface area (Å²) in [6.07, 6.45) is 3.85. The predicted octanol–water partition coefficient (Wildman–Crippen LogP) is 4.55. The van der Waals surface area contributed by atoms with E-state index in [0.29, 0.717) is 43.3 Å². The third-order valence-electron chi connectivity index (χ3n) is 9.93. The molecule has 0 saturated heterocycles. The minimum Gasteiger partial charge on any atom is -0.478 e. The summed E-state index contributed by atoms with van der Waals surface area (Å²) in [5, 5.41) is 22.0. The quantitative estimate of drug-likeness (QED) is 0.565. The molecule has 5 unspecified atom stereocenters. The van der Waals surface area contributed by atoms with Gasteiger partial charge < -0.3 is 14.9 Å². The molecule has 4 aliphatic carbocycles. The molecule has 4 rings (SSSR count). The second kappa shape index (κ2) is 8.00. The van der Waals surface area contributed by atoms with Crippen molar-refractivity contribution in [3.8, 4) is 0 Å². The number of ether oxygens (including phenoxy) is 1. The number of carboxylic acid groups (broad SMARTS) is 1. The zero-order valence-electron chi connectivity index (χ0n) is 20.8. The lowest BCUT2D eigenvalue weighted by Gasteiger charge is -2.63. The monoisotopic (exact) mass is 476 g/mol. The molecular weight excluding hydrogens is 439 g/mol. The van der Waals surface area contributed by atoms with Gasteiger partial charge in [-0.1, -0.05) is 38.8 Å². The normalized spacial score (nSPS) is 45.4. The van der Waals surface area contributed by atoms with Crippen LogP contribution < -0.4 is 0 Å². The number of aliphatic carboxylic acids is 1. The number of aliphatic hydroxyl groups excluding tert-OH is 1. The van der Waals surface area contributed by atoms with Gasteiger partial charge in [-0.05, 0) is 63.5 Å². The van der Waals surface area contributed by atoms with Crippen LogP contribution >= 0.6 is 0 Å². The summed E-state index contributed by atoms with van der Waals surface area (Å²) < 4.78 is 23.4. The molecule has 0 aromatic rings. The van der Waals surface area contributed by atoms with E-state index in [0.717, 1.165) is 0 Å². The van der Waals surface area contributed by atoms with Crippen molar-refractivity contribution in [3.63, 3.8) is 0 Å². The fourth-order valence-electron chi connectivity index (χ4n) is 8.37. The molecule has 3 saturated carbocycles. The number of hydrogen-bond donors (Lipinski definition) is 2. The van der Waals surface area contributed by atoms with E-state index in [-0.39, 0.29) is 18.6 Å². The van der Waals surface area contributed by atoms with Gasteiger partial charge in [-0.3, -0.25) is 9.59 Å². The minimum absolute atomic E-state index is 0.104. The highest BCUT2D eigenvalue weighted by atomic mass is 19.1. The van der Waals surface area contributed by atoms with Crippen molar-refractivity contribution in [2.75, 3.05) is 0 Å². The predicted molar refractivity (Wildman–Crippen MR) is 124 cm³/mol. The first-order valence-electron chi connectivity index (χ1n) is 12.6. The molecule has 0 aromatic carbocycles. The number of rotatable bonds is 5. The van der Waals surface area contributed by atoms with Crippen LogP contribution in [0.4, 0.5) is 4.39 Å². The number of carboxylic acids is 1. The third kappa shape index (κ3) is 2.85. The van der Waals surface area contributed by atoms with E-state index in [2.05, 4.69) is 0 Å². The second-order valence-corrected chi connectivity index (χ2v) is 11.3. The first kappa shape index (κ1) is 25.1. The number of ketones is 1. The number of allylic oxidation sites excluding steroid dienone is 4. The molecule has 34 heavy (non-hydrogen) atoms. The van der Waals surface area contributed by atoms with Crippen molar-refractivity contribution in [2.24, 2.45) is 28.6 Å². The number of aliphatic hydroxyl groups is 1. The van der Waals surface area contributed by atoms with E-state index in [9.17, 15) is 24.6 Å². The van der Waals surface area contributed by atoms with Gasteiger partial charge in [0, 0.05) is 29.1 Å². The maximum Gasteiger partial charge on any atom is 0.349 e. The molecule has 2 N–H and O–H groups in total. The molecule has 0 heterocycles. The van der Waals surface area contributed by atoms with E-state index in [1.165, 1.54) is 12.2 Å². The van der Waals surface area contributed by atoms with E-state index < -0.39 is 57.9 Å². The Hall–Kier alpha value is -2.02. The average molecular weight is 477 g/mol. The summed E-state index contributed by atoms with van der Waals surface area (Å²) in [4.78, 5) is 37.7. The van der Waals surface area contributed by atoms with Crippen LogP contribution in [-0.2, 0) is 19.1 Å². The molecule has 3 fully saturated rings. The van der Waals surface area contributed by atoms with E-state index in [1.54, 1.807) is 20.8 Å². The summed E-state index contributed by atoms with van der Waals surface area (Å²) >= 11 is 0. The second-order valence-electron chi connectivity index (χ2n) is 11.3. The van der Waals surface area contributed by atoms with Crippen LogP contribution in [0.1, 0.15) is 79.6 Å². The van der Waals surface area contributed by atoms with Crippen LogP contribution in [0.15, 0.2) is 23.3 Å². The minimum atomic E-state index is -2.05. The molecule has 0 bridgehead atoms. The third-order valence-corrected chi connectivity index (χ3v) is 9.93.